The Labute approximate surface area is 90.0 Å². The molecule has 3 heterocycles. The van der Waals surface area contributed by atoms with Gasteiger partial charge in [-0.05, 0) is 11.4 Å². The van der Waals surface area contributed by atoms with Crippen LogP contribution >= 0.6 is 11.3 Å². The predicted molar refractivity (Wildman–Crippen MR) is 60.7 cm³/mol. The second-order valence-electron chi connectivity index (χ2n) is 3.20. The number of thiophene rings is 1. The first-order valence-corrected chi connectivity index (χ1v) is 5.36. The third-order valence-corrected chi connectivity index (χ3v) is 3.00. The van der Waals surface area contributed by atoms with Crippen molar-refractivity contribution in [3.8, 4) is 10.6 Å². The van der Waals surface area contributed by atoms with Gasteiger partial charge in [-0.15, -0.1) is 11.3 Å². The highest BCUT2D eigenvalue weighted by Crippen LogP contribution is 2.23. The normalized spacial score (nSPS) is 10.9. The lowest BCUT2D eigenvalue weighted by Gasteiger charge is -1.92. The fourth-order valence-electron chi connectivity index (χ4n) is 1.44. The fraction of sp³-hybridized carbons (Fsp3) is 0. The van der Waals surface area contributed by atoms with Crippen LogP contribution in [0.3, 0.4) is 0 Å². The van der Waals surface area contributed by atoms with Gasteiger partial charge in [0.1, 0.15) is 5.69 Å². The molecular weight excluding hydrogens is 208 g/mol. The molecule has 0 aliphatic rings. The van der Waals surface area contributed by atoms with E-state index in [1.807, 2.05) is 23.6 Å². The molecule has 0 radical (unpaired) electrons. The van der Waals surface area contributed by atoms with E-state index in [1.165, 1.54) is 0 Å². The number of nitrogen functional groups attached to an aromatic ring is 1. The monoisotopic (exact) mass is 216 g/mol. The van der Waals surface area contributed by atoms with Crippen LogP contribution in [0, 0.1) is 0 Å². The van der Waals surface area contributed by atoms with Gasteiger partial charge in [-0.3, -0.25) is 0 Å². The number of nitrogens with two attached hydrogens (primary N) is 1. The molecule has 3 aromatic heterocycles. The Morgan fingerprint density at radius 3 is 3.13 bits per heavy atom. The van der Waals surface area contributed by atoms with Crippen LogP contribution in [0.5, 0.6) is 0 Å². The molecule has 0 fully saturated rings. The highest BCUT2D eigenvalue weighted by atomic mass is 32.1. The van der Waals surface area contributed by atoms with Crippen LogP contribution in [0.25, 0.3) is 16.2 Å². The summed E-state index contributed by atoms with van der Waals surface area (Å²) in [5, 5.41) is 6.43. The van der Waals surface area contributed by atoms with Crippen molar-refractivity contribution >= 4 is 22.7 Å². The maximum absolute atomic E-state index is 5.63. The van der Waals surface area contributed by atoms with Crippen LogP contribution in [0.2, 0.25) is 0 Å². The zero-order valence-corrected chi connectivity index (χ0v) is 8.61. The van der Waals surface area contributed by atoms with E-state index >= 15 is 0 Å². The van der Waals surface area contributed by atoms with Crippen LogP contribution in [0.1, 0.15) is 0 Å². The van der Waals surface area contributed by atoms with Crippen LogP contribution in [0.15, 0.2) is 36.0 Å². The first-order chi connectivity index (χ1) is 7.33. The standard InChI is InChI=1S/C10H8N4S/c11-7-5-12-10-4-8(13-14(10)6-7)9-2-1-3-15-9/h1-6H,11H2. The van der Waals surface area contributed by atoms with Crippen LogP contribution < -0.4 is 5.73 Å². The van der Waals surface area contributed by atoms with E-state index in [0.717, 1.165) is 16.2 Å². The first kappa shape index (κ1) is 8.43. The molecule has 15 heavy (non-hydrogen) atoms. The topological polar surface area (TPSA) is 56.2 Å². The van der Waals surface area contributed by atoms with E-state index in [2.05, 4.69) is 10.1 Å². The van der Waals surface area contributed by atoms with Crippen molar-refractivity contribution in [2.75, 3.05) is 5.73 Å². The van der Waals surface area contributed by atoms with Gasteiger partial charge in [0.2, 0.25) is 0 Å². The van der Waals surface area contributed by atoms with Gasteiger partial charge < -0.3 is 5.73 Å². The molecule has 2 N–H and O–H groups in total. The smallest absolute Gasteiger partial charge is 0.155 e. The van der Waals surface area contributed by atoms with Crippen molar-refractivity contribution in [3.63, 3.8) is 0 Å². The van der Waals surface area contributed by atoms with Gasteiger partial charge in [0.25, 0.3) is 0 Å². The quantitative estimate of drug-likeness (QED) is 0.677. The average molecular weight is 216 g/mol. The Hall–Kier alpha value is -1.88. The number of anilines is 1. The Morgan fingerprint density at radius 2 is 2.33 bits per heavy atom. The van der Waals surface area contributed by atoms with Gasteiger partial charge in [0.05, 0.1) is 23.0 Å². The second kappa shape index (κ2) is 3.06. The molecule has 74 valence electrons. The Kier molecular flexibility index (Phi) is 1.72. The summed E-state index contributed by atoms with van der Waals surface area (Å²) in [5.74, 6) is 0. The summed E-state index contributed by atoms with van der Waals surface area (Å²) >= 11 is 1.66. The molecule has 4 nitrogen and oxygen atoms in total. The summed E-state index contributed by atoms with van der Waals surface area (Å²) in [5.41, 5.74) is 7.99. The SMILES string of the molecule is Nc1cnc2cc(-c3cccs3)nn2c1. The lowest BCUT2D eigenvalue weighted by Crippen LogP contribution is -1.93. The summed E-state index contributed by atoms with van der Waals surface area (Å²) in [6, 6.07) is 5.99. The molecule has 0 unspecified atom stereocenters. The van der Waals surface area contributed by atoms with E-state index in [1.54, 1.807) is 28.2 Å². The minimum Gasteiger partial charge on any atom is -0.396 e. The van der Waals surface area contributed by atoms with Crippen molar-refractivity contribution in [1.29, 1.82) is 0 Å². The van der Waals surface area contributed by atoms with E-state index in [0.29, 0.717) is 5.69 Å². The summed E-state index contributed by atoms with van der Waals surface area (Å²) in [6.45, 7) is 0. The Balaban J connectivity index is 2.22. The lowest BCUT2D eigenvalue weighted by atomic mass is 10.3. The Bertz CT molecular complexity index is 597. The number of hydrogen-bond donors (Lipinski definition) is 1. The van der Waals surface area contributed by atoms with Gasteiger partial charge in [0, 0.05) is 6.07 Å². The van der Waals surface area contributed by atoms with Crippen molar-refractivity contribution in [2.45, 2.75) is 0 Å². The maximum Gasteiger partial charge on any atom is 0.155 e. The van der Waals surface area contributed by atoms with Crippen LogP contribution in [-0.4, -0.2) is 14.6 Å². The third-order valence-electron chi connectivity index (χ3n) is 2.11. The molecule has 0 saturated carbocycles. The lowest BCUT2D eigenvalue weighted by molar-refractivity contribution is 0.947. The Morgan fingerprint density at radius 1 is 1.40 bits per heavy atom. The maximum atomic E-state index is 5.63. The van der Waals surface area contributed by atoms with Crippen molar-refractivity contribution in [1.82, 2.24) is 14.6 Å². The molecular formula is C10H8N4S. The summed E-state index contributed by atoms with van der Waals surface area (Å²) in [4.78, 5) is 5.33. The molecule has 0 aromatic carbocycles. The molecule has 5 heteroatoms. The molecule has 3 aromatic rings. The van der Waals surface area contributed by atoms with Crippen molar-refractivity contribution in [3.05, 3.63) is 36.0 Å². The summed E-state index contributed by atoms with van der Waals surface area (Å²) in [7, 11) is 0. The zero-order chi connectivity index (χ0) is 10.3. The summed E-state index contributed by atoms with van der Waals surface area (Å²) < 4.78 is 1.70. The molecule has 3 rings (SSSR count). The minimum absolute atomic E-state index is 0.614. The minimum atomic E-state index is 0.614. The number of rotatable bonds is 1. The highest BCUT2D eigenvalue weighted by Gasteiger charge is 2.05. The number of fused-ring (bicyclic) bond motifs is 1. The zero-order valence-electron chi connectivity index (χ0n) is 7.79. The van der Waals surface area contributed by atoms with E-state index in [9.17, 15) is 0 Å². The van der Waals surface area contributed by atoms with E-state index in [4.69, 9.17) is 5.73 Å². The van der Waals surface area contributed by atoms with Crippen LogP contribution in [-0.2, 0) is 0 Å². The van der Waals surface area contributed by atoms with Gasteiger partial charge >= 0.3 is 0 Å². The van der Waals surface area contributed by atoms with Gasteiger partial charge in [0.15, 0.2) is 5.65 Å². The fourth-order valence-corrected chi connectivity index (χ4v) is 2.12. The number of aromatic nitrogens is 3. The largest absolute Gasteiger partial charge is 0.396 e. The van der Waals surface area contributed by atoms with Gasteiger partial charge in [-0.2, -0.15) is 5.10 Å². The number of nitrogens with zero attached hydrogens (tertiary/aromatic N) is 3. The predicted octanol–water partition coefficient (Wildman–Crippen LogP) is 2.04. The third kappa shape index (κ3) is 1.37. The van der Waals surface area contributed by atoms with Crippen molar-refractivity contribution in [2.24, 2.45) is 0 Å². The molecule has 0 saturated heterocycles. The molecule has 0 aliphatic heterocycles. The highest BCUT2D eigenvalue weighted by molar-refractivity contribution is 7.13. The molecule has 0 aliphatic carbocycles. The van der Waals surface area contributed by atoms with Gasteiger partial charge in [-0.25, -0.2) is 9.50 Å². The van der Waals surface area contributed by atoms with Gasteiger partial charge in [-0.1, -0.05) is 6.07 Å². The second-order valence-corrected chi connectivity index (χ2v) is 4.14. The molecule has 0 bridgehead atoms. The number of hydrogen-bond acceptors (Lipinski definition) is 4. The first-order valence-electron chi connectivity index (χ1n) is 4.48. The molecule has 0 atom stereocenters. The average Bonchev–Trinajstić information content (AvgIpc) is 2.84. The van der Waals surface area contributed by atoms with Crippen LogP contribution in [0.4, 0.5) is 5.69 Å². The summed E-state index contributed by atoms with van der Waals surface area (Å²) in [6.07, 6.45) is 3.40. The van der Waals surface area contributed by atoms with E-state index < -0.39 is 0 Å². The van der Waals surface area contributed by atoms with Crippen molar-refractivity contribution < 1.29 is 0 Å². The van der Waals surface area contributed by atoms with E-state index in [-0.39, 0.29) is 0 Å². The molecule has 0 spiro atoms. The molecule has 0 amide bonds.